The zero-order valence-electron chi connectivity index (χ0n) is 39.1. The lowest BCUT2D eigenvalue weighted by atomic mass is 9.85. The average molecular weight is 902 g/mol. The SMILES string of the molecule is c1ccc(-c2ccc(-c3ccc(N(c4ccc(-c5c(-c6ccccc6)c6ccccc6c6ccccc56)cc4)c4ccc(-c5c(-c6ccccc6)c6ccccc6c6ccccc56)cc4)cc3)cc2)cc1. The summed E-state index contributed by atoms with van der Waals surface area (Å²) in [6.07, 6.45) is 0. The summed E-state index contributed by atoms with van der Waals surface area (Å²) >= 11 is 0. The van der Waals surface area contributed by atoms with Gasteiger partial charge in [0.2, 0.25) is 0 Å². The van der Waals surface area contributed by atoms with Crippen LogP contribution in [0.5, 0.6) is 0 Å². The topological polar surface area (TPSA) is 3.24 Å². The summed E-state index contributed by atoms with van der Waals surface area (Å²) in [7, 11) is 0. The van der Waals surface area contributed by atoms with Crippen molar-refractivity contribution in [3.05, 3.63) is 285 Å². The number of rotatable bonds is 9. The van der Waals surface area contributed by atoms with Gasteiger partial charge in [-0.15, -0.1) is 0 Å². The van der Waals surface area contributed by atoms with E-state index in [1.807, 2.05) is 0 Å². The molecule has 0 radical (unpaired) electrons. The third kappa shape index (κ3) is 7.53. The standard InChI is InChI=1S/C70H47N/c1-4-18-48(19-5-1)49-32-34-50(35-33-49)51-36-42-56(43-37-51)71(57-44-38-54(39-45-57)69-65-30-16-12-26-61(65)59-24-10-14-28-63(59)67(69)52-20-6-2-7-21-52)58-46-40-55(41-47-58)70-66-31-17-13-27-62(66)60-25-11-15-29-64(60)68(70)53-22-8-3-9-23-53/h1-47H. The predicted octanol–water partition coefficient (Wildman–Crippen LogP) is 19.8. The summed E-state index contributed by atoms with van der Waals surface area (Å²) in [6, 6.07) is 104. The van der Waals surface area contributed by atoms with Gasteiger partial charge in [-0.1, -0.05) is 249 Å². The molecule has 0 unspecified atom stereocenters. The van der Waals surface area contributed by atoms with Crippen molar-refractivity contribution in [1.29, 1.82) is 0 Å². The maximum atomic E-state index is 2.39. The summed E-state index contributed by atoms with van der Waals surface area (Å²) in [4.78, 5) is 2.39. The molecule has 0 atom stereocenters. The number of fused-ring (bicyclic) bond motifs is 6. The van der Waals surface area contributed by atoms with Crippen molar-refractivity contribution in [2.75, 3.05) is 4.90 Å². The number of benzene rings is 13. The van der Waals surface area contributed by atoms with E-state index in [0.717, 1.165) is 17.1 Å². The Morgan fingerprint density at radius 1 is 0.141 bits per heavy atom. The molecule has 332 valence electrons. The molecule has 0 saturated heterocycles. The van der Waals surface area contributed by atoms with Crippen LogP contribution in [0.4, 0.5) is 17.1 Å². The van der Waals surface area contributed by atoms with Crippen LogP contribution in [0.2, 0.25) is 0 Å². The number of anilines is 3. The summed E-state index contributed by atoms with van der Waals surface area (Å²) < 4.78 is 0. The van der Waals surface area contributed by atoms with Crippen molar-refractivity contribution in [2.24, 2.45) is 0 Å². The van der Waals surface area contributed by atoms with Crippen molar-refractivity contribution < 1.29 is 0 Å². The Bertz CT molecular complexity index is 3820. The van der Waals surface area contributed by atoms with Crippen LogP contribution >= 0.6 is 0 Å². The van der Waals surface area contributed by atoms with E-state index in [1.54, 1.807) is 0 Å². The minimum absolute atomic E-state index is 1.08. The Hall–Kier alpha value is -9.30. The van der Waals surface area contributed by atoms with Crippen molar-refractivity contribution in [1.82, 2.24) is 0 Å². The highest BCUT2D eigenvalue weighted by Gasteiger charge is 2.21. The normalized spacial score (nSPS) is 11.4. The zero-order chi connectivity index (χ0) is 47.1. The number of hydrogen-bond donors (Lipinski definition) is 0. The van der Waals surface area contributed by atoms with Gasteiger partial charge in [0, 0.05) is 17.1 Å². The fraction of sp³-hybridized carbons (Fsp3) is 0. The first-order chi connectivity index (χ1) is 35.2. The lowest BCUT2D eigenvalue weighted by molar-refractivity contribution is 1.28. The molecular weight excluding hydrogens is 855 g/mol. The molecule has 13 aromatic carbocycles. The van der Waals surface area contributed by atoms with E-state index in [1.165, 1.54) is 110 Å². The van der Waals surface area contributed by atoms with Crippen LogP contribution in [0.3, 0.4) is 0 Å². The fourth-order valence-electron chi connectivity index (χ4n) is 11.0. The van der Waals surface area contributed by atoms with Gasteiger partial charge in [0.25, 0.3) is 0 Å². The van der Waals surface area contributed by atoms with Crippen molar-refractivity contribution in [3.63, 3.8) is 0 Å². The molecule has 0 N–H and O–H groups in total. The molecule has 0 heterocycles. The van der Waals surface area contributed by atoms with Gasteiger partial charge in [-0.2, -0.15) is 0 Å². The monoisotopic (exact) mass is 901 g/mol. The zero-order valence-corrected chi connectivity index (χ0v) is 39.1. The molecule has 0 bridgehead atoms. The second kappa shape index (κ2) is 18.0. The molecule has 0 aromatic heterocycles. The molecule has 0 fully saturated rings. The van der Waals surface area contributed by atoms with Crippen LogP contribution in [0, 0.1) is 0 Å². The fourth-order valence-corrected chi connectivity index (χ4v) is 11.0. The van der Waals surface area contributed by atoms with Crippen LogP contribution in [-0.4, -0.2) is 0 Å². The minimum Gasteiger partial charge on any atom is -0.311 e. The first-order valence-electron chi connectivity index (χ1n) is 24.5. The Labute approximate surface area is 414 Å². The van der Waals surface area contributed by atoms with Gasteiger partial charge in [-0.3, -0.25) is 0 Å². The van der Waals surface area contributed by atoms with Gasteiger partial charge in [0.05, 0.1) is 0 Å². The highest BCUT2D eigenvalue weighted by atomic mass is 15.1. The lowest BCUT2D eigenvalue weighted by Crippen LogP contribution is -2.10. The van der Waals surface area contributed by atoms with E-state index in [0.29, 0.717) is 0 Å². The molecule has 0 aliphatic heterocycles. The maximum absolute atomic E-state index is 2.39. The van der Waals surface area contributed by atoms with Crippen molar-refractivity contribution in [2.45, 2.75) is 0 Å². The Kier molecular flexibility index (Phi) is 10.6. The van der Waals surface area contributed by atoms with E-state index in [4.69, 9.17) is 0 Å². The van der Waals surface area contributed by atoms with E-state index in [-0.39, 0.29) is 0 Å². The first-order valence-corrected chi connectivity index (χ1v) is 24.5. The molecule has 0 saturated carbocycles. The largest absolute Gasteiger partial charge is 0.311 e. The van der Waals surface area contributed by atoms with E-state index < -0.39 is 0 Å². The number of hydrogen-bond acceptors (Lipinski definition) is 1. The van der Waals surface area contributed by atoms with Gasteiger partial charge in [0.1, 0.15) is 0 Å². The Balaban J connectivity index is 0.956. The second-order valence-electron chi connectivity index (χ2n) is 18.3. The van der Waals surface area contributed by atoms with Gasteiger partial charge in [-0.25, -0.2) is 0 Å². The molecule has 13 aromatic rings. The highest BCUT2D eigenvalue weighted by molar-refractivity contribution is 6.23. The van der Waals surface area contributed by atoms with Gasteiger partial charge >= 0.3 is 0 Å². The summed E-state index contributed by atoms with van der Waals surface area (Å²) in [5.41, 5.74) is 17.8. The molecule has 1 nitrogen and oxygen atoms in total. The van der Waals surface area contributed by atoms with Crippen LogP contribution in [0.25, 0.3) is 110 Å². The highest BCUT2D eigenvalue weighted by Crippen LogP contribution is 2.48. The molecule has 13 rings (SSSR count). The molecule has 0 spiro atoms. The maximum Gasteiger partial charge on any atom is 0.0462 e. The van der Waals surface area contributed by atoms with Crippen molar-refractivity contribution >= 4 is 60.2 Å². The number of nitrogens with zero attached hydrogens (tertiary/aromatic N) is 1. The molecular formula is C70H47N. The van der Waals surface area contributed by atoms with E-state index >= 15 is 0 Å². The molecule has 0 aliphatic rings. The third-order valence-electron chi connectivity index (χ3n) is 14.3. The summed E-state index contributed by atoms with van der Waals surface area (Å²) in [5.74, 6) is 0. The quantitative estimate of drug-likeness (QED) is 0.131. The van der Waals surface area contributed by atoms with E-state index in [2.05, 4.69) is 290 Å². The Morgan fingerprint density at radius 2 is 0.324 bits per heavy atom. The van der Waals surface area contributed by atoms with Crippen LogP contribution in [0.1, 0.15) is 0 Å². The van der Waals surface area contributed by atoms with Crippen LogP contribution in [-0.2, 0) is 0 Å². The minimum atomic E-state index is 1.08. The summed E-state index contributed by atoms with van der Waals surface area (Å²) in [6.45, 7) is 0. The lowest BCUT2D eigenvalue weighted by Gasteiger charge is -2.27. The van der Waals surface area contributed by atoms with Gasteiger partial charge in [0.15, 0.2) is 0 Å². The second-order valence-corrected chi connectivity index (χ2v) is 18.3. The van der Waals surface area contributed by atoms with Gasteiger partial charge in [-0.05, 0) is 146 Å². The van der Waals surface area contributed by atoms with Gasteiger partial charge < -0.3 is 4.90 Å². The molecule has 0 aliphatic carbocycles. The van der Waals surface area contributed by atoms with Crippen LogP contribution < -0.4 is 4.90 Å². The van der Waals surface area contributed by atoms with Crippen LogP contribution in [0.15, 0.2) is 285 Å². The van der Waals surface area contributed by atoms with Crippen molar-refractivity contribution in [3.8, 4) is 66.8 Å². The van der Waals surface area contributed by atoms with E-state index in [9.17, 15) is 0 Å². The predicted molar refractivity (Wildman–Crippen MR) is 304 cm³/mol. The molecule has 0 amide bonds. The molecule has 1 heteroatoms. The Morgan fingerprint density at radius 3 is 0.606 bits per heavy atom. The first kappa shape index (κ1) is 41.9. The summed E-state index contributed by atoms with van der Waals surface area (Å²) in [5, 5.41) is 10.0. The molecule has 71 heavy (non-hydrogen) atoms. The average Bonchev–Trinajstić information content (AvgIpc) is 3.46. The smallest absolute Gasteiger partial charge is 0.0462 e. The third-order valence-corrected chi connectivity index (χ3v) is 14.3.